The van der Waals surface area contributed by atoms with Crippen LogP contribution in [0.2, 0.25) is 0 Å². The van der Waals surface area contributed by atoms with Gasteiger partial charge in [-0.3, -0.25) is 0 Å². The molecule has 0 saturated carbocycles. The zero-order valence-corrected chi connectivity index (χ0v) is 12.4. The number of nitrogens with one attached hydrogen (secondary N) is 1. The summed E-state index contributed by atoms with van der Waals surface area (Å²) in [6, 6.07) is 5.88. The highest BCUT2D eigenvalue weighted by Gasteiger charge is 2.06. The van der Waals surface area contributed by atoms with E-state index in [0.717, 1.165) is 36.6 Å². The van der Waals surface area contributed by atoms with E-state index in [2.05, 4.69) is 25.7 Å². The number of hydrogen-bond acceptors (Lipinski definition) is 3. The molecule has 106 valence electrons. The van der Waals surface area contributed by atoms with Crippen LogP contribution in [0.3, 0.4) is 0 Å². The quantitative estimate of drug-likeness (QED) is 0.749. The van der Waals surface area contributed by atoms with Crippen molar-refractivity contribution < 1.29 is 9.47 Å². The van der Waals surface area contributed by atoms with Gasteiger partial charge >= 0.3 is 0 Å². The molecule has 0 unspecified atom stereocenters. The van der Waals surface area contributed by atoms with Crippen molar-refractivity contribution in [3.05, 3.63) is 35.4 Å². The molecular weight excluding hydrogens is 262 g/mol. The van der Waals surface area contributed by atoms with Crippen LogP contribution >= 0.6 is 11.6 Å². The standard InChI is InChI=1S/C15H22ClNO2/c1-4-8-18-14-7-6-13(10-17-5-2)15(9-14)19-11-12(3)16/h6-7,9,17H,3-5,8,10-11H2,1-2H3. The maximum Gasteiger partial charge on any atom is 0.128 e. The summed E-state index contributed by atoms with van der Waals surface area (Å²) in [4.78, 5) is 0. The van der Waals surface area contributed by atoms with E-state index in [1.54, 1.807) is 0 Å². The summed E-state index contributed by atoms with van der Waals surface area (Å²) >= 11 is 5.74. The first kappa shape index (κ1) is 15.9. The van der Waals surface area contributed by atoms with E-state index in [9.17, 15) is 0 Å². The Hall–Kier alpha value is -1.19. The first-order valence-electron chi connectivity index (χ1n) is 6.59. The second-order valence-corrected chi connectivity index (χ2v) is 4.74. The van der Waals surface area contributed by atoms with Crippen LogP contribution in [0.1, 0.15) is 25.8 Å². The summed E-state index contributed by atoms with van der Waals surface area (Å²) < 4.78 is 11.3. The van der Waals surface area contributed by atoms with Crippen LogP contribution in [0.4, 0.5) is 0 Å². The van der Waals surface area contributed by atoms with Gasteiger partial charge in [0.25, 0.3) is 0 Å². The minimum Gasteiger partial charge on any atom is -0.493 e. The van der Waals surface area contributed by atoms with Gasteiger partial charge in [-0.25, -0.2) is 0 Å². The van der Waals surface area contributed by atoms with E-state index in [4.69, 9.17) is 21.1 Å². The number of rotatable bonds is 9. The molecule has 1 aromatic rings. The Labute approximate surface area is 120 Å². The Kier molecular flexibility index (Phi) is 7.38. The predicted octanol–water partition coefficient (Wildman–Crippen LogP) is 3.72. The third-order valence-corrected chi connectivity index (χ3v) is 2.57. The van der Waals surface area contributed by atoms with Gasteiger partial charge in [0, 0.05) is 23.2 Å². The van der Waals surface area contributed by atoms with Gasteiger partial charge in [-0.1, -0.05) is 38.1 Å². The Morgan fingerprint density at radius 3 is 2.74 bits per heavy atom. The largest absolute Gasteiger partial charge is 0.493 e. The van der Waals surface area contributed by atoms with Crippen molar-refractivity contribution in [1.29, 1.82) is 0 Å². The van der Waals surface area contributed by atoms with Gasteiger partial charge in [0.05, 0.1) is 6.61 Å². The number of hydrogen-bond donors (Lipinski definition) is 1. The van der Waals surface area contributed by atoms with Crippen LogP contribution < -0.4 is 14.8 Å². The zero-order valence-electron chi connectivity index (χ0n) is 11.7. The van der Waals surface area contributed by atoms with Gasteiger partial charge in [-0.15, -0.1) is 0 Å². The Balaban J connectivity index is 2.79. The molecule has 3 nitrogen and oxygen atoms in total. The SMILES string of the molecule is C=C(Cl)COc1cc(OCCC)ccc1CNCC. The Morgan fingerprint density at radius 1 is 1.32 bits per heavy atom. The molecule has 0 saturated heterocycles. The molecule has 0 fully saturated rings. The smallest absolute Gasteiger partial charge is 0.128 e. The normalized spacial score (nSPS) is 10.3. The second kappa shape index (κ2) is 8.83. The van der Waals surface area contributed by atoms with Gasteiger partial charge in [0.2, 0.25) is 0 Å². The molecule has 0 heterocycles. The lowest BCUT2D eigenvalue weighted by molar-refractivity contribution is 0.310. The molecular formula is C15H22ClNO2. The van der Waals surface area contributed by atoms with E-state index in [1.807, 2.05) is 18.2 Å². The van der Waals surface area contributed by atoms with E-state index in [0.29, 0.717) is 18.2 Å². The molecule has 0 aliphatic rings. The summed E-state index contributed by atoms with van der Waals surface area (Å²) in [7, 11) is 0. The van der Waals surface area contributed by atoms with Crippen LogP contribution in [0.15, 0.2) is 29.8 Å². The van der Waals surface area contributed by atoms with Crippen molar-refractivity contribution in [2.75, 3.05) is 19.8 Å². The fourth-order valence-electron chi connectivity index (χ4n) is 1.54. The Bertz CT molecular complexity index is 407. The molecule has 0 amide bonds. The van der Waals surface area contributed by atoms with E-state index >= 15 is 0 Å². The van der Waals surface area contributed by atoms with Crippen molar-refractivity contribution in [3.63, 3.8) is 0 Å². The fourth-order valence-corrected chi connectivity index (χ4v) is 1.60. The molecule has 0 aliphatic heterocycles. The molecule has 0 aliphatic carbocycles. The Morgan fingerprint density at radius 2 is 2.11 bits per heavy atom. The number of halogens is 1. The maximum absolute atomic E-state index is 5.74. The molecule has 0 aromatic heterocycles. The minimum atomic E-state index is 0.303. The average Bonchev–Trinajstić information content (AvgIpc) is 2.41. The monoisotopic (exact) mass is 283 g/mol. The highest BCUT2D eigenvalue weighted by atomic mass is 35.5. The van der Waals surface area contributed by atoms with E-state index < -0.39 is 0 Å². The van der Waals surface area contributed by atoms with Gasteiger partial charge in [-0.05, 0) is 19.0 Å². The highest BCUT2D eigenvalue weighted by molar-refractivity contribution is 6.29. The maximum atomic E-state index is 5.74. The molecule has 0 spiro atoms. The number of benzene rings is 1. The molecule has 0 bridgehead atoms. The predicted molar refractivity (Wildman–Crippen MR) is 80.1 cm³/mol. The molecule has 0 atom stereocenters. The summed E-state index contributed by atoms with van der Waals surface area (Å²) in [5.41, 5.74) is 1.09. The van der Waals surface area contributed by atoms with Crippen LogP contribution in [0.5, 0.6) is 11.5 Å². The van der Waals surface area contributed by atoms with Crippen LogP contribution in [0.25, 0.3) is 0 Å². The lowest BCUT2D eigenvalue weighted by Crippen LogP contribution is -2.13. The van der Waals surface area contributed by atoms with E-state index in [-0.39, 0.29) is 0 Å². The molecule has 1 N–H and O–H groups in total. The van der Waals surface area contributed by atoms with Gasteiger partial charge < -0.3 is 14.8 Å². The minimum absolute atomic E-state index is 0.303. The average molecular weight is 284 g/mol. The van der Waals surface area contributed by atoms with Crippen molar-refractivity contribution in [3.8, 4) is 11.5 Å². The van der Waals surface area contributed by atoms with Crippen LogP contribution in [0, 0.1) is 0 Å². The molecule has 1 rings (SSSR count). The molecule has 0 radical (unpaired) electrons. The fraction of sp³-hybridized carbons (Fsp3) is 0.467. The number of ether oxygens (including phenoxy) is 2. The van der Waals surface area contributed by atoms with Crippen LogP contribution in [-0.2, 0) is 6.54 Å². The van der Waals surface area contributed by atoms with Crippen LogP contribution in [-0.4, -0.2) is 19.8 Å². The summed E-state index contributed by atoms with van der Waals surface area (Å²) in [6.45, 7) is 10.5. The lowest BCUT2D eigenvalue weighted by Gasteiger charge is -2.13. The summed E-state index contributed by atoms with van der Waals surface area (Å²) in [5, 5.41) is 3.76. The summed E-state index contributed by atoms with van der Waals surface area (Å²) in [6.07, 6.45) is 0.980. The highest BCUT2D eigenvalue weighted by Crippen LogP contribution is 2.25. The lowest BCUT2D eigenvalue weighted by atomic mass is 10.2. The topological polar surface area (TPSA) is 30.5 Å². The van der Waals surface area contributed by atoms with Crippen molar-refractivity contribution >= 4 is 11.6 Å². The first-order chi connectivity index (χ1) is 9.17. The van der Waals surface area contributed by atoms with Crippen molar-refractivity contribution in [2.45, 2.75) is 26.8 Å². The van der Waals surface area contributed by atoms with Crippen molar-refractivity contribution in [1.82, 2.24) is 5.32 Å². The van der Waals surface area contributed by atoms with Crippen molar-refractivity contribution in [2.24, 2.45) is 0 Å². The molecule has 19 heavy (non-hydrogen) atoms. The molecule has 1 aromatic carbocycles. The first-order valence-corrected chi connectivity index (χ1v) is 6.97. The third-order valence-electron chi connectivity index (χ3n) is 2.46. The van der Waals surface area contributed by atoms with Gasteiger partial charge in [0.1, 0.15) is 18.1 Å². The van der Waals surface area contributed by atoms with Gasteiger partial charge in [0.15, 0.2) is 0 Å². The summed E-state index contributed by atoms with van der Waals surface area (Å²) in [5.74, 6) is 1.61. The zero-order chi connectivity index (χ0) is 14.1. The van der Waals surface area contributed by atoms with E-state index in [1.165, 1.54) is 0 Å². The third kappa shape index (κ3) is 5.99. The van der Waals surface area contributed by atoms with Gasteiger partial charge in [-0.2, -0.15) is 0 Å². The molecule has 4 heteroatoms. The second-order valence-electron chi connectivity index (χ2n) is 4.20.